The van der Waals surface area contributed by atoms with E-state index in [1.807, 2.05) is 35.1 Å². The fourth-order valence-corrected chi connectivity index (χ4v) is 3.52. The third-order valence-electron chi connectivity index (χ3n) is 4.50. The first-order valence-corrected chi connectivity index (χ1v) is 9.11. The van der Waals surface area contributed by atoms with Gasteiger partial charge in [0.1, 0.15) is 5.69 Å². The molecule has 134 valence electrons. The van der Waals surface area contributed by atoms with Gasteiger partial charge in [0, 0.05) is 18.1 Å². The fraction of sp³-hybridized carbons (Fsp3) is 0.300. The number of rotatable bonds is 5. The second-order valence-corrected chi connectivity index (χ2v) is 7.09. The van der Waals surface area contributed by atoms with Crippen LogP contribution in [0.15, 0.2) is 54.7 Å². The quantitative estimate of drug-likeness (QED) is 0.686. The van der Waals surface area contributed by atoms with Crippen LogP contribution in [0.25, 0.3) is 0 Å². The van der Waals surface area contributed by atoms with E-state index in [0.29, 0.717) is 13.2 Å². The van der Waals surface area contributed by atoms with Crippen LogP contribution in [0.5, 0.6) is 0 Å². The molecule has 1 atom stereocenters. The minimum absolute atomic E-state index is 0.149. The average molecular weight is 369 g/mol. The highest BCUT2D eigenvalue weighted by molar-refractivity contribution is 6.30. The van der Waals surface area contributed by atoms with Gasteiger partial charge in [0.15, 0.2) is 6.23 Å². The Morgan fingerprint density at radius 1 is 1.12 bits per heavy atom. The first kappa shape index (κ1) is 17.2. The summed E-state index contributed by atoms with van der Waals surface area (Å²) in [5.41, 5.74) is 4.49. The monoisotopic (exact) mass is 368 g/mol. The first-order valence-electron chi connectivity index (χ1n) is 8.73. The molecule has 0 amide bonds. The van der Waals surface area contributed by atoms with Crippen LogP contribution >= 0.6 is 11.6 Å². The molecule has 4 rings (SSSR count). The molecule has 3 aromatic rings. The second kappa shape index (κ2) is 7.58. The Labute approximate surface area is 158 Å². The Balaban J connectivity index is 1.47. The van der Waals surface area contributed by atoms with Crippen molar-refractivity contribution in [2.75, 3.05) is 13.2 Å². The van der Waals surface area contributed by atoms with Crippen molar-refractivity contribution < 1.29 is 4.74 Å². The lowest BCUT2D eigenvalue weighted by Crippen LogP contribution is -2.23. The van der Waals surface area contributed by atoms with Crippen LogP contribution in [0.2, 0.25) is 5.02 Å². The van der Waals surface area contributed by atoms with Gasteiger partial charge in [0.05, 0.1) is 19.3 Å². The summed E-state index contributed by atoms with van der Waals surface area (Å²) in [5.74, 6) is 0. The average Bonchev–Trinajstić information content (AvgIpc) is 3.24. The number of ether oxygens (including phenoxy) is 1. The number of benzene rings is 2. The van der Waals surface area contributed by atoms with E-state index < -0.39 is 0 Å². The van der Waals surface area contributed by atoms with E-state index in [1.54, 1.807) is 0 Å². The largest absolute Gasteiger partial charge is 0.356 e. The van der Waals surface area contributed by atoms with Gasteiger partial charge in [-0.05, 0) is 30.2 Å². The van der Waals surface area contributed by atoms with Crippen molar-refractivity contribution in [2.45, 2.75) is 26.2 Å². The molecule has 0 N–H and O–H groups in total. The minimum Gasteiger partial charge on any atom is -0.356 e. The zero-order valence-electron chi connectivity index (χ0n) is 14.7. The van der Waals surface area contributed by atoms with Crippen molar-refractivity contribution >= 4 is 11.6 Å². The van der Waals surface area contributed by atoms with Crippen molar-refractivity contribution in [1.29, 1.82) is 0 Å². The summed E-state index contributed by atoms with van der Waals surface area (Å²) in [4.78, 5) is 2.29. The van der Waals surface area contributed by atoms with Gasteiger partial charge in [-0.2, -0.15) is 0 Å². The molecule has 1 aliphatic heterocycles. The molecule has 6 heteroatoms. The van der Waals surface area contributed by atoms with E-state index in [0.717, 1.165) is 29.4 Å². The Bertz CT molecular complexity index is 895. The van der Waals surface area contributed by atoms with Crippen molar-refractivity contribution in [3.63, 3.8) is 0 Å². The number of aromatic nitrogens is 3. The lowest BCUT2D eigenvalue weighted by Gasteiger charge is -2.21. The molecule has 1 saturated heterocycles. The zero-order valence-corrected chi connectivity index (χ0v) is 15.4. The topological polar surface area (TPSA) is 43.2 Å². The van der Waals surface area contributed by atoms with Gasteiger partial charge in [0.25, 0.3) is 0 Å². The summed E-state index contributed by atoms with van der Waals surface area (Å²) in [6, 6.07) is 16.4. The van der Waals surface area contributed by atoms with Crippen LogP contribution < -0.4 is 0 Å². The van der Waals surface area contributed by atoms with E-state index in [2.05, 4.69) is 46.4 Å². The van der Waals surface area contributed by atoms with Crippen LogP contribution in [0.1, 0.15) is 28.6 Å². The van der Waals surface area contributed by atoms with Gasteiger partial charge in [-0.25, -0.2) is 4.68 Å². The van der Waals surface area contributed by atoms with Gasteiger partial charge in [-0.3, -0.25) is 4.90 Å². The van der Waals surface area contributed by atoms with E-state index in [9.17, 15) is 0 Å². The number of aryl methyl sites for hydroxylation is 1. The van der Waals surface area contributed by atoms with E-state index in [-0.39, 0.29) is 6.23 Å². The van der Waals surface area contributed by atoms with Gasteiger partial charge in [-0.1, -0.05) is 58.8 Å². The number of hydrogen-bond donors (Lipinski definition) is 0. The highest BCUT2D eigenvalue weighted by Crippen LogP contribution is 2.27. The molecule has 0 saturated carbocycles. The van der Waals surface area contributed by atoms with Crippen LogP contribution in [-0.2, 0) is 17.8 Å². The molecular formula is C20H21ClN4O. The molecule has 0 bridgehead atoms. The highest BCUT2D eigenvalue weighted by Gasteiger charge is 2.29. The van der Waals surface area contributed by atoms with Gasteiger partial charge >= 0.3 is 0 Å². The molecule has 1 aromatic heterocycles. The normalized spacial score (nSPS) is 17.7. The third kappa shape index (κ3) is 3.96. The van der Waals surface area contributed by atoms with E-state index >= 15 is 0 Å². The van der Waals surface area contributed by atoms with E-state index in [1.165, 1.54) is 11.1 Å². The molecule has 2 heterocycles. The Kier molecular flexibility index (Phi) is 5.02. The number of hydrogen-bond acceptors (Lipinski definition) is 4. The molecule has 2 aromatic carbocycles. The number of nitrogens with zero attached hydrogens (tertiary/aromatic N) is 4. The Morgan fingerprint density at radius 2 is 1.92 bits per heavy atom. The van der Waals surface area contributed by atoms with Crippen LogP contribution in [0, 0.1) is 6.92 Å². The van der Waals surface area contributed by atoms with Crippen molar-refractivity contribution in [3.05, 3.63) is 82.1 Å². The molecule has 1 fully saturated rings. The molecule has 0 radical (unpaired) electrons. The lowest BCUT2D eigenvalue weighted by atomic mass is 10.1. The third-order valence-corrected chi connectivity index (χ3v) is 4.73. The molecular weight excluding hydrogens is 348 g/mol. The molecule has 1 aliphatic rings. The van der Waals surface area contributed by atoms with Crippen molar-refractivity contribution in [2.24, 2.45) is 0 Å². The first-order chi connectivity index (χ1) is 12.7. The smallest absolute Gasteiger partial charge is 0.157 e. The molecule has 5 nitrogen and oxygen atoms in total. The maximum atomic E-state index is 6.06. The summed E-state index contributed by atoms with van der Waals surface area (Å²) in [6.45, 7) is 5.19. The predicted octanol–water partition coefficient (Wildman–Crippen LogP) is 3.82. The summed E-state index contributed by atoms with van der Waals surface area (Å²) >= 11 is 6.06. The van der Waals surface area contributed by atoms with Gasteiger partial charge < -0.3 is 4.74 Å². The molecule has 0 spiro atoms. The molecule has 0 aliphatic carbocycles. The van der Waals surface area contributed by atoms with Crippen molar-refractivity contribution in [1.82, 2.24) is 19.9 Å². The van der Waals surface area contributed by atoms with Crippen molar-refractivity contribution in [3.8, 4) is 0 Å². The Morgan fingerprint density at radius 3 is 2.73 bits per heavy atom. The SMILES string of the molecule is Cc1cccc(CN2CCOC2c2cn(Cc3cccc(Cl)c3)nn2)c1. The summed E-state index contributed by atoms with van der Waals surface area (Å²) in [7, 11) is 0. The molecule has 26 heavy (non-hydrogen) atoms. The highest BCUT2D eigenvalue weighted by atomic mass is 35.5. The molecule has 1 unspecified atom stereocenters. The van der Waals surface area contributed by atoms with Crippen LogP contribution in [0.4, 0.5) is 0 Å². The van der Waals surface area contributed by atoms with Gasteiger partial charge in [0.2, 0.25) is 0 Å². The number of halogens is 1. The summed E-state index contributed by atoms with van der Waals surface area (Å²) < 4.78 is 7.75. The zero-order chi connectivity index (χ0) is 17.9. The fourth-order valence-electron chi connectivity index (χ4n) is 3.31. The maximum absolute atomic E-state index is 6.06. The predicted molar refractivity (Wildman–Crippen MR) is 101 cm³/mol. The minimum atomic E-state index is -0.149. The van der Waals surface area contributed by atoms with Gasteiger partial charge in [-0.15, -0.1) is 5.10 Å². The maximum Gasteiger partial charge on any atom is 0.157 e. The summed E-state index contributed by atoms with van der Waals surface area (Å²) in [5, 5.41) is 9.33. The second-order valence-electron chi connectivity index (χ2n) is 6.65. The summed E-state index contributed by atoms with van der Waals surface area (Å²) in [6.07, 6.45) is 1.81. The van der Waals surface area contributed by atoms with E-state index in [4.69, 9.17) is 16.3 Å². The standard InChI is InChI=1S/C20H21ClN4O/c1-15-4-2-5-16(10-15)12-24-8-9-26-20(24)19-14-25(23-22-19)13-17-6-3-7-18(21)11-17/h2-7,10-11,14,20H,8-9,12-13H2,1H3. The lowest BCUT2D eigenvalue weighted by molar-refractivity contribution is 0.0252. The Hall–Kier alpha value is -2.21. The van der Waals surface area contributed by atoms with Crippen LogP contribution in [0.3, 0.4) is 0 Å². The van der Waals surface area contributed by atoms with Crippen LogP contribution in [-0.4, -0.2) is 33.0 Å².